The predicted molar refractivity (Wildman–Crippen MR) is 81.4 cm³/mol. The average Bonchev–Trinajstić information content (AvgIpc) is 2.89. The zero-order valence-corrected chi connectivity index (χ0v) is 11.8. The minimum absolute atomic E-state index is 0.167. The summed E-state index contributed by atoms with van der Waals surface area (Å²) in [5, 5.41) is 12.1. The maximum atomic E-state index is 12.0. The number of hydrogen-bond donors (Lipinski definition) is 2. The van der Waals surface area contributed by atoms with Gasteiger partial charge in [-0.3, -0.25) is 10.1 Å². The Hall–Kier alpha value is -2.14. The van der Waals surface area contributed by atoms with Gasteiger partial charge >= 0.3 is 0 Å². The van der Waals surface area contributed by atoms with Crippen LogP contribution in [0.2, 0.25) is 0 Å². The largest absolute Gasteiger partial charge is 0.396 e. The van der Waals surface area contributed by atoms with E-state index in [1.54, 1.807) is 6.08 Å². The van der Waals surface area contributed by atoms with Crippen molar-refractivity contribution in [2.75, 3.05) is 19.7 Å². The third-order valence-corrected chi connectivity index (χ3v) is 3.86. The number of aliphatic hydroxyl groups excluding tert-OH is 1. The number of aliphatic hydroxyl groups is 1. The minimum atomic E-state index is -0.167. The number of rotatable bonds is 2. The molecule has 1 saturated heterocycles. The molecule has 1 fully saturated rings. The molecule has 2 aliphatic rings. The van der Waals surface area contributed by atoms with Crippen LogP contribution in [-0.4, -0.2) is 41.6 Å². The third kappa shape index (κ3) is 3.13. The van der Waals surface area contributed by atoms with E-state index in [4.69, 9.17) is 0 Å². The summed E-state index contributed by atoms with van der Waals surface area (Å²) < 4.78 is 0. The highest BCUT2D eigenvalue weighted by Crippen LogP contribution is 2.19. The lowest BCUT2D eigenvalue weighted by Crippen LogP contribution is -2.46. The fourth-order valence-corrected chi connectivity index (χ4v) is 2.72. The maximum Gasteiger partial charge on any atom is 0.276 e. The standard InChI is InChI=1S/C16H19N3O2/c20-11-13-7-4-8-19(10-13)16-17-14(15(21)18-16)9-12-5-2-1-3-6-12/h1-3,5-6,9,13,20H,4,7-8,10-11H2,(H,17,18,21)/b14-9-/t13-/m0/s1. The van der Waals surface area contributed by atoms with Crippen LogP contribution in [0.1, 0.15) is 18.4 Å². The number of benzene rings is 1. The van der Waals surface area contributed by atoms with E-state index in [0.717, 1.165) is 31.5 Å². The first-order valence-electron chi connectivity index (χ1n) is 7.29. The van der Waals surface area contributed by atoms with Gasteiger partial charge < -0.3 is 10.0 Å². The highest BCUT2D eigenvalue weighted by molar-refractivity contribution is 6.13. The molecule has 21 heavy (non-hydrogen) atoms. The molecule has 0 spiro atoms. The lowest BCUT2D eigenvalue weighted by atomic mass is 9.99. The van der Waals surface area contributed by atoms with Gasteiger partial charge in [0.05, 0.1) is 0 Å². The summed E-state index contributed by atoms with van der Waals surface area (Å²) in [6.45, 7) is 1.80. The highest BCUT2D eigenvalue weighted by Gasteiger charge is 2.28. The molecule has 1 atom stereocenters. The van der Waals surface area contributed by atoms with E-state index in [9.17, 15) is 9.90 Å². The summed E-state index contributed by atoms with van der Waals surface area (Å²) in [5.74, 6) is 0.709. The second kappa shape index (κ2) is 6.10. The molecule has 3 rings (SSSR count). The van der Waals surface area contributed by atoms with Gasteiger partial charge in [0.25, 0.3) is 5.91 Å². The normalized spacial score (nSPS) is 24.1. The van der Waals surface area contributed by atoms with Gasteiger partial charge in [0.15, 0.2) is 0 Å². The monoisotopic (exact) mass is 285 g/mol. The van der Waals surface area contributed by atoms with Gasteiger partial charge in [0.1, 0.15) is 5.70 Å². The van der Waals surface area contributed by atoms with Crippen LogP contribution < -0.4 is 5.32 Å². The van der Waals surface area contributed by atoms with Gasteiger partial charge in [-0.05, 0) is 30.4 Å². The van der Waals surface area contributed by atoms with Gasteiger partial charge in [-0.25, -0.2) is 4.99 Å². The van der Waals surface area contributed by atoms with E-state index in [1.807, 2.05) is 35.2 Å². The molecule has 0 radical (unpaired) electrons. The van der Waals surface area contributed by atoms with E-state index < -0.39 is 0 Å². The zero-order chi connectivity index (χ0) is 14.7. The molecule has 0 saturated carbocycles. The van der Waals surface area contributed by atoms with Crippen molar-refractivity contribution in [1.29, 1.82) is 0 Å². The van der Waals surface area contributed by atoms with Crippen molar-refractivity contribution in [1.82, 2.24) is 10.2 Å². The van der Waals surface area contributed by atoms with Gasteiger partial charge in [-0.15, -0.1) is 0 Å². The van der Waals surface area contributed by atoms with Gasteiger partial charge in [-0.1, -0.05) is 30.3 Å². The molecular weight excluding hydrogens is 266 g/mol. The Kier molecular flexibility index (Phi) is 4.01. The number of amides is 1. The van der Waals surface area contributed by atoms with Crippen molar-refractivity contribution < 1.29 is 9.90 Å². The summed E-state index contributed by atoms with van der Waals surface area (Å²) in [6.07, 6.45) is 3.83. The molecule has 0 aromatic heterocycles. The van der Waals surface area contributed by atoms with Gasteiger partial charge in [0, 0.05) is 19.7 Å². The van der Waals surface area contributed by atoms with Crippen molar-refractivity contribution in [2.45, 2.75) is 12.8 Å². The molecule has 1 amide bonds. The van der Waals surface area contributed by atoms with Crippen LogP contribution in [0.3, 0.4) is 0 Å². The number of nitrogens with one attached hydrogen (secondary N) is 1. The zero-order valence-electron chi connectivity index (χ0n) is 11.8. The second-order valence-corrected chi connectivity index (χ2v) is 5.47. The summed E-state index contributed by atoms with van der Waals surface area (Å²) in [4.78, 5) is 18.5. The van der Waals surface area contributed by atoms with E-state index in [2.05, 4.69) is 10.3 Å². The first-order valence-corrected chi connectivity index (χ1v) is 7.29. The second-order valence-electron chi connectivity index (χ2n) is 5.47. The topological polar surface area (TPSA) is 64.9 Å². The molecule has 5 heteroatoms. The van der Waals surface area contributed by atoms with Crippen LogP contribution in [-0.2, 0) is 4.79 Å². The Morgan fingerprint density at radius 2 is 2.19 bits per heavy atom. The molecule has 5 nitrogen and oxygen atoms in total. The van der Waals surface area contributed by atoms with Crippen LogP contribution in [0, 0.1) is 5.92 Å². The van der Waals surface area contributed by atoms with Crippen LogP contribution in [0.4, 0.5) is 0 Å². The fourth-order valence-electron chi connectivity index (χ4n) is 2.72. The van der Waals surface area contributed by atoms with E-state index in [1.165, 1.54) is 0 Å². The average molecular weight is 285 g/mol. The molecule has 2 heterocycles. The number of likely N-dealkylation sites (tertiary alicyclic amines) is 1. The number of carbonyl (C=O) groups is 1. The fraction of sp³-hybridized carbons (Fsp3) is 0.375. The smallest absolute Gasteiger partial charge is 0.276 e. The van der Waals surface area contributed by atoms with Crippen LogP contribution >= 0.6 is 0 Å². The Labute approximate surface area is 124 Å². The van der Waals surface area contributed by atoms with Crippen molar-refractivity contribution in [2.24, 2.45) is 10.9 Å². The van der Waals surface area contributed by atoms with Crippen LogP contribution in [0.15, 0.2) is 41.0 Å². The molecule has 0 bridgehead atoms. The molecule has 2 N–H and O–H groups in total. The van der Waals surface area contributed by atoms with E-state index in [-0.39, 0.29) is 18.4 Å². The Morgan fingerprint density at radius 1 is 1.38 bits per heavy atom. The summed E-state index contributed by atoms with van der Waals surface area (Å²) >= 11 is 0. The SMILES string of the molecule is O=C1NC(N2CCC[C@H](CO)C2)=N/C1=C\c1ccccc1. The molecule has 1 aromatic carbocycles. The molecule has 110 valence electrons. The Bertz CT molecular complexity index is 580. The molecule has 0 unspecified atom stereocenters. The van der Waals surface area contributed by atoms with Crippen molar-refractivity contribution in [3.05, 3.63) is 41.6 Å². The van der Waals surface area contributed by atoms with Crippen molar-refractivity contribution >= 4 is 17.9 Å². The summed E-state index contributed by atoms with van der Waals surface area (Å²) in [5.41, 5.74) is 1.39. The summed E-state index contributed by atoms with van der Waals surface area (Å²) in [6, 6.07) is 9.68. The van der Waals surface area contributed by atoms with Crippen molar-refractivity contribution in [3.63, 3.8) is 0 Å². The number of aliphatic imine (C=N–C) groups is 1. The third-order valence-electron chi connectivity index (χ3n) is 3.86. The number of piperidine rings is 1. The van der Waals surface area contributed by atoms with Crippen LogP contribution in [0.25, 0.3) is 6.08 Å². The van der Waals surface area contributed by atoms with E-state index in [0.29, 0.717) is 11.7 Å². The maximum absolute atomic E-state index is 12.0. The number of carbonyl (C=O) groups excluding carboxylic acids is 1. The summed E-state index contributed by atoms with van der Waals surface area (Å²) in [7, 11) is 0. The van der Waals surface area contributed by atoms with Gasteiger partial charge in [-0.2, -0.15) is 0 Å². The van der Waals surface area contributed by atoms with Crippen molar-refractivity contribution in [3.8, 4) is 0 Å². The predicted octanol–water partition coefficient (Wildman–Crippen LogP) is 1.22. The lowest BCUT2D eigenvalue weighted by molar-refractivity contribution is -0.115. The molecular formula is C16H19N3O2. The molecule has 1 aromatic rings. The van der Waals surface area contributed by atoms with Crippen LogP contribution in [0.5, 0.6) is 0 Å². The Morgan fingerprint density at radius 3 is 2.95 bits per heavy atom. The first-order chi connectivity index (χ1) is 10.3. The highest BCUT2D eigenvalue weighted by atomic mass is 16.3. The molecule has 2 aliphatic heterocycles. The number of guanidine groups is 1. The first kappa shape index (κ1) is 13.8. The van der Waals surface area contributed by atoms with Gasteiger partial charge in [0.2, 0.25) is 5.96 Å². The van der Waals surface area contributed by atoms with E-state index >= 15 is 0 Å². The number of hydrogen-bond acceptors (Lipinski definition) is 4. The lowest BCUT2D eigenvalue weighted by Gasteiger charge is -2.32. The molecule has 0 aliphatic carbocycles. The minimum Gasteiger partial charge on any atom is -0.396 e. The number of nitrogens with zero attached hydrogens (tertiary/aromatic N) is 2. The Balaban J connectivity index is 1.77. The quantitative estimate of drug-likeness (QED) is 0.803.